The second-order valence-electron chi connectivity index (χ2n) is 5.02. The third kappa shape index (κ3) is 3.88. The molecule has 2 heteroatoms. The van der Waals surface area contributed by atoms with E-state index in [0.717, 1.165) is 31.4 Å². The van der Waals surface area contributed by atoms with Crippen LogP contribution in [0.1, 0.15) is 32.6 Å². The molecule has 1 aliphatic rings. The van der Waals surface area contributed by atoms with Crippen molar-refractivity contribution in [3.8, 4) is 0 Å². The van der Waals surface area contributed by atoms with E-state index in [9.17, 15) is 4.79 Å². The molecule has 0 N–H and O–H groups in total. The van der Waals surface area contributed by atoms with Gasteiger partial charge in [-0.15, -0.1) is 11.8 Å². The topological polar surface area (TPSA) is 17.1 Å². The smallest absolute Gasteiger partial charge is 0.135 e. The van der Waals surface area contributed by atoms with Gasteiger partial charge in [0.25, 0.3) is 0 Å². The van der Waals surface area contributed by atoms with Gasteiger partial charge >= 0.3 is 0 Å². The summed E-state index contributed by atoms with van der Waals surface area (Å²) >= 11 is 1.90. The molecule has 0 radical (unpaired) electrons. The molecule has 0 spiro atoms. The maximum atomic E-state index is 11.6. The van der Waals surface area contributed by atoms with Crippen LogP contribution in [0, 0.1) is 11.8 Å². The summed E-state index contributed by atoms with van der Waals surface area (Å²) in [4.78, 5) is 12.9. The van der Waals surface area contributed by atoms with Gasteiger partial charge in [-0.25, -0.2) is 0 Å². The molecule has 92 valence electrons. The number of hydrogen-bond acceptors (Lipinski definition) is 2. The highest BCUT2D eigenvalue weighted by atomic mass is 32.2. The number of hydrogen-bond donors (Lipinski definition) is 0. The SMILES string of the molecule is CC(CSc1ccccc1)CC1CCCC1=O. The molecule has 0 aromatic heterocycles. The third-order valence-corrected chi connectivity index (χ3v) is 4.74. The lowest BCUT2D eigenvalue weighted by Crippen LogP contribution is -2.12. The fourth-order valence-corrected chi connectivity index (χ4v) is 3.41. The Morgan fingerprint density at radius 3 is 2.76 bits per heavy atom. The van der Waals surface area contributed by atoms with Gasteiger partial charge in [-0.3, -0.25) is 4.79 Å². The molecule has 2 atom stereocenters. The average Bonchev–Trinajstić information content (AvgIpc) is 2.74. The minimum atomic E-state index is 0.362. The second kappa shape index (κ2) is 6.25. The predicted molar refractivity (Wildman–Crippen MR) is 73.3 cm³/mol. The Kier molecular flexibility index (Phi) is 4.66. The van der Waals surface area contributed by atoms with Gasteiger partial charge < -0.3 is 0 Å². The molecule has 0 heterocycles. The fraction of sp³-hybridized carbons (Fsp3) is 0.533. The van der Waals surface area contributed by atoms with Gasteiger partial charge in [0, 0.05) is 23.0 Å². The fourth-order valence-electron chi connectivity index (χ4n) is 2.45. The summed E-state index contributed by atoms with van der Waals surface area (Å²) in [6.45, 7) is 2.27. The molecular weight excluding hydrogens is 228 g/mol. The number of carbonyl (C=O) groups excluding carboxylic acids is 1. The molecule has 0 aliphatic heterocycles. The summed E-state index contributed by atoms with van der Waals surface area (Å²) in [5.74, 6) is 2.61. The first-order valence-corrected chi connectivity index (χ1v) is 7.45. The van der Waals surface area contributed by atoms with Gasteiger partial charge in [0.15, 0.2) is 0 Å². The van der Waals surface area contributed by atoms with Gasteiger partial charge in [0.05, 0.1) is 0 Å². The molecule has 1 aromatic carbocycles. The number of rotatable bonds is 5. The summed E-state index contributed by atoms with van der Waals surface area (Å²) < 4.78 is 0. The molecule has 0 amide bonds. The van der Waals surface area contributed by atoms with E-state index in [2.05, 4.69) is 31.2 Å². The van der Waals surface area contributed by atoms with Gasteiger partial charge in [-0.2, -0.15) is 0 Å². The highest BCUT2D eigenvalue weighted by molar-refractivity contribution is 7.99. The van der Waals surface area contributed by atoms with Crippen molar-refractivity contribution >= 4 is 17.5 Å². The van der Waals surface area contributed by atoms with E-state index in [-0.39, 0.29) is 0 Å². The lowest BCUT2D eigenvalue weighted by Gasteiger charge is -2.14. The van der Waals surface area contributed by atoms with Gasteiger partial charge in [0.1, 0.15) is 5.78 Å². The van der Waals surface area contributed by atoms with E-state index >= 15 is 0 Å². The molecule has 2 rings (SSSR count). The van der Waals surface area contributed by atoms with Crippen molar-refractivity contribution in [1.82, 2.24) is 0 Å². The quantitative estimate of drug-likeness (QED) is 0.727. The van der Waals surface area contributed by atoms with Crippen LogP contribution in [0.5, 0.6) is 0 Å². The zero-order valence-corrected chi connectivity index (χ0v) is 11.2. The van der Waals surface area contributed by atoms with Crippen LogP contribution in [0.4, 0.5) is 0 Å². The molecule has 0 saturated heterocycles. The highest BCUT2D eigenvalue weighted by Gasteiger charge is 2.25. The van der Waals surface area contributed by atoms with Gasteiger partial charge in [0.2, 0.25) is 0 Å². The van der Waals surface area contributed by atoms with Crippen LogP contribution in [0.2, 0.25) is 0 Å². The van der Waals surface area contributed by atoms with Crippen LogP contribution in [-0.4, -0.2) is 11.5 Å². The lowest BCUT2D eigenvalue weighted by atomic mass is 9.95. The van der Waals surface area contributed by atoms with Crippen molar-refractivity contribution in [2.24, 2.45) is 11.8 Å². The third-order valence-electron chi connectivity index (χ3n) is 3.40. The van der Waals surface area contributed by atoms with Crippen molar-refractivity contribution in [2.45, 2.75) is 37.5 Å². The van der Waals surface area contributed by atoms with Crippen molar-refractivity contribution < 1.29 is 4.79 Å². The molecule has 1 saturated carbocycles. The zero-order valence-electron chi connectivity index (χ0n) is 10.4. The Hall–Kier alpha value is -0.760. The minimum Gasteiger partial charge on any atom is -0.299 e. The van der Waals surface area contributed by atoms with Gasteiger partial charge in [-0.05, 0) is 37.3 Å². The van der Waals surface area contributed by atoms with E-state index in [1.807, 2.05) is 17.8 Å². The summed E-state index contributed by atoms with van der Waals surface area (Å²) in [7, 11) is 0. The Labute approximate surface area is 108 Å². The first-order chi connectivity index (χ1) is 8.25. The molecule has 2 unspecified atom stereocenters. The Balaban J connectivity index is 1.74. The van der Waals surface area contributed by atoms with Crippen molar-refractivity contribution in [3.05, 3.63) is 30.3 Å². The number of thioether (sulfide) groups is 1. The van der Waals surface area contributed by atoms with Crippen LogP contribution < -0.4 is 0 Å². The van der Waals surface area contributed by atoms with Gasteiger partial charge in [-0.1, -0.05) is 25.1 Å². The summed E-state index contributed by atoms with van der Waals surface area (Å²) in [6.07, 6.45) is 4.14. The molecule has 0 bridgehead atoms. The summed E-state index contributed by atoms with van der Waals surface area (Å²) in [5, 5.41) is 0. The monoisotopic (exact) mass is 248 g/mol. The molecule has 17 heavy (non-hydrogen) atoms. The Bertz CT molecular complexity index is 360. The number of ketones is 1. The normalized spacial score (nSPS) is 21.7. The minimum absolute atomic E-state index is 0.362. The van der Waals surface area contributed by atoms with Crippen LogP contribution in [-0.2, 0) is 4.79 Å². The number of benzene rings is 1. The number of Topliss-reactive ketones (excluding diaryl/α,β-unsaturated/α-hetero) is 1. The first kappa shape index (κ1) is 12.7. The van der Waals surface area contributed by atoms with Crippen LogP contribution in [0.25, 0.3) is 0 Å². The summed E-state index contributed by atoms with van der Waals surface area (Å²) in [5.41, 5.74) is 0. The maximum absolute atomic E-state index is 11.6. The van der Waals surface area contributed by atoms with E-state index in [4.69, 9.17) is 0 Å². The van der Waals surface area contributed by atoms with E-state index < -0.39 is 0 Å². The number of carbonyl (C=O) groups is 1. The Morgan fingerprint density at radius 2 is 2.12 bits per heavy atom. The molecule has 1 aromatic rings. The van der Waals surface area contributed by atoms with Crippen molar-refractivity contribution in [1.29, 1.82) is 0 Å². The van der Waals surface area contributed by atoms with E-state index in [1.165, 1.54) is 4.90 Å². The highest BCUT2D eigenvalue weighted by Crippen LogP contribution is 2.30. The van der Waals surface area contributed by atoms with Crippen LogP contribution >= 0.6 is 11.8 Å². The largest absolute Gasteiger partial charge is 0.299 e. The standard InChI is InChI=1S/C15H20OS/c1-12(10-13-6-5-9-15(13)16)11-17-14-7-3-2-4-8-14/h2-4,7-8,12-13H,5-6,9-11H2,1H3. The zero-order chi connectivity index (χ0) is 12.1. The van der Waals surface area contributed by atoms with Crippen LogP contribution in [0.3, 0.4) is 0 Å². The van der Waals surface area contributed by atoms with E-state index in [0.29, 0.717) is 17.6 Å². The van der Waals surface area contributed by atoms with Crippen LogP contribution in [0.15, 0.2) is 35.2 Å². The molecule has 1 nitrogen and oxygen atoms in total. The van der Waals surface area contributed by atoms with E-state index in [1.54, 1.807) is 0 Å². The average molecular weight is 248 g/mol. The maximum Gasteiger partial charge on any atom is 0.135 e. The van der Waals surface area contributed by atoms with Crippen molar-refractivity contribution in [3.63, 3.8) is 0 Å². The summed E-state index contributed by atoms with van der Waals surface area (Å²) in [6, 6.07) is 10.5. The van der Waals surface area contributed by atoms with Crippen molar-refractivity contribution in [2.75, 3.05) is 5.75 Å². The Morgan fingerprint density at radius 1 is 1.35 bits per heavy atom. The molecule has 1 aliphatic carbocycles. The predicted octanol–water partition coefficient (Wildman–Crippen LogP) is 4.17. The molecule has 1 fully saturated rings. The first-order valence-electron chi connectivity index (χ1n) is 6.46. The molecular formula is C15H20OS. The second-order valence-corrected chi connectivity index (χ2v) is 6.11. The lowest BCUT2D eigenvalue weighted by molar-refractivity contribution is -0.121.